The molecule has 0 spiro atoms. The van der Waals surface area contributed by atoms with Crippen LogP contribution >= 0.6 is 11.3 Å². The van der Waals surface area contributed by atoms with Crippen LogP contribution in [0.3, 0.4) is 0 Å². The highest BCUT2D eigenvalue weighted by atomic mass is 32.1. The maximum absolute atomic E-state index is 12.8. The molecular weight excluding hydrogens is 402 g/mol. The quantitative estimate of drug-likeness (QED) is 0.540. The smallest absolute Gasteiger partial charge is 0.326 e. The fourth-order valence-corrected chi connectivity index (χ4v) is 3.99. The number of anilines is 1. The Hall–Kier alpha value is -3.13. The molecule has 0 bridgehead atoms. The zero-order chi connectivity index (χ0) is 21.7. The van der Waals surface area contributed by atoms with Gasteiger partial charge in [0.1, 0.15) is 12.3 Å². The minimum absolute atomic E-state index is 0.0203. The molecule has 0 aliphatic rings. The number of nitrogens with zero attached hydrogens (tertiary/aromatic N) is 3. The lowest BCUT2D eigenvalue weighted by atomic mass is 10.2. The highest BCUT2D eigenvalue weighted by molar-refractivity contribution is 7.16. The number of hydrogen-bond acceptors (Lipinski definition) is 6. The molecule has 1 aromatic heterocycles. The molecule has 0 aliphatic carbocycles. The molecule has 1 heterocycles. The van der Waals surface area contributed by atoms with Crippen molar-refractivity contribution in [2.45, 2.75) is 20.4 Å². The van der Waals surface area contributed by atoms with Crippen LogP contribution in [0.2, 0.25) is 0 Å². The Bertz CT molecular complexity index is 1110. The summed E-state index contributed by atoms with van der Waals surface area (Å²) >= 11 is 1.33. The van der Waals surface area contributed by atoms with Crippen LogP contribution in [0.15, 0.2) is 47.5 Å². The highest BCUT2D eigenvalue weighted by Crippen LogP contribution is 2.24. The SMILES string of the molecule is CCOC(=O)Cn1c(=NC(=O)c2ccc(N(C)C)cc2)sc2cc(OCC)ccc21. The zero-order valence-corrected chi connectivity index (χ0v) is 18.4. The van der Waals surface area contributed by atoms with Crippen LogP contribution < -0.4 is 14.4 Å². The van der Waals surface area contributed by atoms with Gasteiger partial charge in [0.05, 0.1) is 23.4 Å². The average Bonchev–Trinajstić information content (AvgIpc) is 3.04. The lowest BCUT2D eigenvalue weighted by Crippen LogP contribution is -2.23. The predicted octanol–water partition coefficient (Wildman–Crippen LogP) is 3.47. The number of hydrogen-bond donors (Lipinski definition) is 0. The fourth-order valence-electron chi connectivity index (χ4n) is 2.94. The Morgan fingerprint density at radius 3 is 2.43 bits per heavy atom. The second-order valence-electron chi connectivity index (χ2n) is 6.70. The molecule has 8 heteroatoms. The van der Waals surface area contributed by atoms with Gasteiger partial charge < -0.3 is 18.9 Å². The van der Waals surface area contributed by atoms with Crippen LogP contribution in [0.1, 0.15) is 24.2 Å². The summed E-state index contributed by atoms with van der Waals surface area (Å²) in [5.74, 6) is -0.0171. The normalized spacial score (nSPS) is 11.5. The highest BCUT2D eigenvalue weighted by Gasteiger charge is 2.14. The number of thiazole rings is 1. The Labute approximate surface area is 179 Å². The van der Waals surface area contributed by atoms with Crippen molar-refractivity contribution in [1.82, 2.24) is 4.57 Å². The van der Waals surface area contributed by atoms with Gasteiger partial charge in [0, 0.05) is 25.3 Å². The van der Waals surface area contributed by atoms with Crippen LogP contribution in [-0.4, -0.2) is 43.8 Å². The number of fused-ring (bicyclic) bond motifs is 1. The fraction of sp³-hybridized carbons (Fsp3) is 0.318. The summed E-state index contributed by atoms with van der Waals surface area (Å²) in [7, 11) is 3.88. The first-order valence-electron chi connectivity index (χ1n) is 9.71. The second-order valence-corrected chi connectivity index (χ2v) is 7.71. The monoisotopic (exact) mass is 427 g/mol. The van der Waals surface area contributed by atoms with Crippen LogP contribution in [0.4, 0.5) is 5.69 Å². The van der Waals surface area contributed by atoms with E-state index in [4.69, 9.17) is 9.47 Å². The summed E-state index contributed by atoms with van der Waals surface area (Å²) in [5.41, 5.74) is 2.27. The number of benzene rings is 2. The van der Waals surface area contributed by atoms with E-state index < -0.39 is 0 Å². The molecule has 1 amide bonds. The summed E-state index contributed by atoms with van der Waals surface area (Å²) in [4.78, 5) is 31.6. The van der Waals surface area contributed by atoms with Crippen molar-refractivity contribution >= 4 is 39.1 Å². The van der Waals surface area contributed by atoms with Crippen LogP contribution in [0.5, 0.6) is 5.75 Å². The lowest BCUT2D eigenvalue weighted by Gasteiger charge is -2.11. The third kappa shape index (κ3) is 4.88. The molecule has 0 fully saturated rings. The maximum atomic E-state index is 12.8. The van der Waals surface area contributed by atoms with Gasteiger partial charge in [0.2, 0.25) is 0 Å². The molecule has 0 saturated heterocycles. The predicted molar refractivity (Wildman–Crippen MR) is 118 cm³/mol. The van der Waals surface area contributed by atoms with E-state index in [2.05, 4.69) is 4.99 Å². The minimum atomic E-state index is -0.379. The van der Waals surface area contributed by atoms with Gasteiger partial charge in [-0.25, -0.2) is 0 Å². The van der Waals surface area contributed by atoms with E-state index in [1.54, 1.807) is 23.6 Å². The number of carbonyl (C=O) groups excluding carboxylic acids is 2. The Balaban J connectivity index is 2.04. The van der Waals surface area contributed by atoms with E-state index in [1.165, 1.54) is 11.3 Å². The third-order valence-electron chi connectivity index (χ3n) is 4.39. The van der Waals surface area contributed by atoms with Gasteiger partial charge in [-0.3, -0.25) is 9.59 Å². The van der Waals surface area contributed by atoms with Crippen molar-refractivity contribution in [3.8, 4) is 5.75 Å². The second kappa shape index (κ2) is 9.58. The van der Waals surface area contributed by atoms with Gasteiger partial charge in [0.25, 0.3) is 5.91 Å². The van der Waals surface area contributed by atoms with Crippen LogP contribution in [0.25, 0.3) is 10.2 Å². The van der Waals surface area contributed by atoms with Crippen LogP contribution in [-0.2, 0) is 16.1 Å². The number of rotatable bonds is 7. The molecule has 0 atom stereocenters. The van der Waals surface area contributed by atoms with Crippen molar-refractivity contribution in [2.75, 3.05) is 32.2 Å². The number of carbonyl (C=O) groups is 2. The first-order chi connectivity index (χ1) is 14.4. The van der Waals surface area contributed by atoms with Crippen LogP contribution in [0, 0.1) is 0 Å². The third-order valence-corrected chi connectivity index (χ3v) is 5.43. The Morgan fingerprint density at radius 1 is 1.07 bits per heavy atom. The van der Waals surface area contributed by atoms with Gasteiger partial charge in [0.15, 0.2) is 4.80 Å². The molecule has 7 nitrogen and oxygen atoms in total. The molecule has 0 N–H and O–H groups in total. The van der Waals surface area contributed by atoms with Crippen molar-refractivity contribution in [3.63, 3.8) is 0 Å². The van der Waals surface area contributed by atoms with Gasteiger partial charge in [-0.05, 0) is 56.3 Å². The van der Waals surface area contributed by atoms with Gasteiger partial charge in [-0.2, -0.15) is 4.99 Å². The van der Waals surface area contributed by atoms with Crippen molar-refractivity contribution in [3.05, 3.63) is 52.8 Å². The molecule has 0 unspecified atom stereocenters. The topological polar surface area (TPSA) is 73.1 Å². The molecule has 3 aromatic rings. The summed E-state index contributed by atoms with van der Waals surface area (Å²) in [6.07, 6.45) is 0. The van der Waals surface area contributed by atoms with Crippen molar-refractivity contribution < 1.29 is 19.1 Å². The molecule has 2 aromatic carbocycles. The average molecular weight is 428 g/mol. The first kappa shape index (κ1) is 21.6. The van der Waals surface area contributed by atoms with Crippen molar-refractivity contribution in [2.24, 2.45) is 4.99 Å². The van der Waals surface area contributed by atoms with E-state index in [0.29, 0.717) is 23.6 Å². The molecular formula is C22H25N3O4S. The summed E-state index contributed by atoms with van der Waals surface area (Å²) in [6.45, 7) is 4.50. The minimum Gasteiger partial charge on any atom is -0.494 e. The number of aromatic nitrogens is 1. The van der Waals surface area contributed by atoms with E-state index in [0.717, 1.165) is 21.7 Å². The molecule has 0 radical (unpaired) electrons. The summed E-state index contributed by atoms with van der Waals surface area (Å²) in [6, 6.07) is 12.8. The zero-order valence-electron chi connectivity index (χ0n) is 17.5. The molecule has 30 heavy (non-hydrogen) atoms. The molecule has 158 valence electrons. The summed E-state index contributed by atoms with van der Waals surface area (Å²) < 4.78 is 13.2. The first-order valence-corrected chi connectivity index (χ1v) is 10.5. The van der Waals surface area contributed by atoms with E-state index in [-0.39, 0.29) is 18.4 Å². The maximum Gasteiger partial charge on any atom is 0.326 e. The lowest BCUT2D eigenvalue weighted by molar-refractivity contribution is -0.143. The van der Waals surface area contributed by atoms with E-state index >= 15 is 0 Å². The van der Waals surface area contributed by atoms with E-state index in [9.17, 15) is 9.59 Å². The van der Waals surface area contributed by atoms with Gasteiger partial charge >= 0.3 is 5.97 Å². The van der Waals surface area contributed by atoms with E-state index in [1.807, 2.05) is 56.3 Å². The molecule has 3 rings (SSSR count). The number of ether oxygens (including phenoxy) is 2. The standard InChI is InChI=1S/C22H25N3O4S/c1-5-28-17-11-12-18-19(13-17)30-22(25(18)14-20(26)29-6-2)23-21(27)15-7-9-16(10-8-15)24(3)4/h7-13H,5-6,14H2,1-4H3. The Morgan fingerprint density at radius 2 is 1.80 bits per heavy atom. The summed E-state index contributed by atoms with van der Waals surface area (Å²) in [5, 5.41) is 0. The van der Waals surface area contributed by atoms with Gasteiger partial charge in [-0.15, -0.1) is 0 Å². The molecule has 0 saturated carbocycles. The molecule has 0 aliphatic heterocycles. The number of esters is 1. The van der Waals surface area contributed by atoms with Crippen molar-refractivity contribution in [1.29, 1.82) is 0 Å². The largest absolute Gasteiger partial charge is 0.494 e. The van der Waals surface area contributed by atoms with Gasteiger partial charge in [-0.1, -0.05) is 11.3 Å². The Kier molecular flexibility index (Phi) is 6.89. The number of amides is 1.